The number of hydrogen-bond donors (Lipinski definition) is 0. The Kier molecular flexibility index (Phi) is 4.52. The molecule has 0 bridgehead atoms. The lowest BCUT2D eigenvalue weighted by Gasteiger charge is -2.23. The van der Waals surface area contributed by atoms with Crippen LogP contribution < -0.4 is 0 Å². The lowest BCUT2D eigenvalue weighted by atomic mass is 9.84. The highest BCUT2D eigenvalue weighted by Crippen LogP contribution is 2.35. The first-order chi connectivity index (χ1) is 11.3. The van der Waals surface area contributed by atoms with Gasteiger partial charge in [-0.2, -0.15) is 5.26 Å². The zero-order chi connectivity index (χ0) is 17.9. The molecular weight excluding hydrogens is 286 g/mol. The van der Waals surface area contributed by atoms with Crippen LogP contribution in [0.4, 0.5) is 5.69 Å². The predicted octanol–water partition coefficient (Wildman–Crippen LogP) is 3.33. The molecule has 2 heterocycles. The molecule has 0 aliphatic carbocycles. The third-order valence-corrected chi connectivity index (χ3v) is 3.39. The topological polar surface area (TPSA) is 64.6 Å². The van der Waals surface area contributed by atoms with Gasteiger partial charge in [-0.25, -0.2) is 9.98 Å². The number of pyridine rings is 1. The first-order valence-corrected chi connectivity index (χ1v) is 7.59. The Morgan fingerprint density at radius 1 is 1.43 bits per heavy atom. The van der Waals surface area contributed by atoms with Crippen molar-refractivity contribution in [3.63, 3.8) is 0 Å². The normalized spacial score (nSPS) is 15.3. The molecule has 5 heteroatoms. The number of aromatic nitrogens is 1. The van der Waals surface area contributed by atoms with Gasteiger partial charge in [-0.05, 0) is 22.6 Å². The lowest BCUT2D eigenvalue weighted by molar-refractivity contribution is 0.589. The van der Waals surface area contributed by atoms with Crippen molar-refractivity contribution in [3.8, 4) is 6.07 Å². The van der Waals surface area contributed by atoms with Crippen LogP contribution in [0.2, 0.25) is 0 Å². The van der Waals surface area contributed by atoms with E-state index >= 15 is 0 Å². The maximum atomic E-state index is 9.58. The van der Waals surface area contributed by atoms with Crippen LogP contribution in [0.15, 0.2) is 22.1 Å². The van der Waals surface area contributed by atoms with Gasteiger partial charge in [0.25, 0.3) is 0 Å². The molecular formula is C18H23N5. The van der Waals surface area contributed by atoms with E-state index in [4.69, 9.17) is 1.37 Å². The van der Waals surface area contributed by atoms with Crippen molar-refractivity contribution in [2.75, 3.05) is 20.6 Å². The highest BCUT2D eigenvalue weighted by Gasteiger charge is 2.23. The fraction of sp³-hybridized carbons (Fsp3) is 0.444. The molecule has 0 unspecified atom stereocenters. The van der Waals surface area contributed by atoms with Crippen LogP contribution in [-0.4, -0.2) is 43.1 Å². The molecule has 1 aromatic heterocycles. The molecule has 120 valence electrons. The number of hydrogen-bond acceptors (Lipinski definition) is 4. The number of rotatable bonds is 3. The third kappa shape index (κ3) is 4.04. The summed E-state index contributed by atoms with van der Waals surface area (Å²) in [6, 6.07) is 2.49. The first kappa shape index (κ1) is 15.4. The highest BCUT2D eigenvalue weighted by molar-refractivity contribution is 5.81. The maximum absolute atomic E-state index is 9.58. The minimum atomic E-state index is -0.331. The van der Waals surface area contributed by atoms with E-state index in [1.807, 2.05) is 47.2 Å². The molecule has 0 spiro atoms. The second-order valence-corrected chi connectivity index (χ2v) is 6.71. The molecule has 0 atom stereocenters. The van der Waals surface area contributed by atoms with Crippen LogP contribution >= 0.6 is 0 Å². The molecule has 0 amide bonds. The molecule has 0 aromatic carbocycles. The Labute approximate surface area is 139 Å². The van der Waals surface area contributed by atoms with Crippen molar-refractivity contribution in [2.24, 2.45) is 9.98 Å². The van der Waals surface area contributed by atoms with E-state index in [-0.39, 0.29) is 11.1 Å². The SMILES string of the molecule is [2H]c1c(C2=CCN=CC2)nc(C#N)c(N=CN(C)C)c1C(C)(C)C. The summed E-state index contributed by atoms with van der Waals surface area (Å²) < 4.78 is 8.69. The van der Waals surface area contributed by atoms with Crippen molar-refractivity contribution in [1.82, 2.24) is 9.88 Å². The Morgan fingerprint density at radius 3 is 2.70 bits per heavy atom. The number of dihydropyridines is 1. The van der Waals surface area contributed by atoms with Gasteiger partial charge < -0.3 is 4.90 Å². The van der Waals surface area contributed by atoms with Crippen LogP contribution in [0.1, 0.15) is 45.5 Å². The zero-order valence-corrected chi connectivity index (χ0v) is 14.4. The Bertz CT molecular complexity index is 761. The standard InChI is InChI=1S/C18H23N5/c1-18(2,3)14-10-15(13-6-8-20-9-7-13)22-16(11-19)17(14)21-12-23(4)5/h6,9-10,12H,7-8H2,1-5H3/i10D. The van der Waals surface area contributed by atoms with E-state index in [1.54, 1.807) is 11.2 Å². The number of allylic oxidation sites excluding steroid dienone is 1. The molecule has 1 aromatic rings. The van der Waals surface area contributed by atoms with Gasteiger partial charge in [-0.1, -0.05) is 26.8 Å². The zero-order valence-electron chi connectivity index (χ0n) is 15.4. The van der Waals surface area contributed by atoms with Crippen molar-refractivity contribution in [1.29, 1.82) is 5.26 Å². The molecule has 23 heavy (non-hydrogen) atoms. The summed E-state index contributed by atoms with van der Waals surface area (Å²) in [5, 5.41) is 9.58. The Morgan fingerprint density at radius 2 is 2.17 bits per heavy atom. The fourth-order valence-corrected chi connectivity index (χ4v) is 2.24. The minimum Gasteiger partial charge on any atom is -0.369 e. The second kappa shape index (κ2) is 6.74. The molecule has 0 saturated carbocycles. The molecule has 0 fully saturated rings. The summed E-state index contributed by atoms with van der Waals surface area (Å²) in [4.78, 5) is 14.9. The van der Waals surface area contributed by atoms with E-state index in [0.29, 0.717) is 30.4 Å². The fourth-order valence-electron chi connectivity index (χ4n) is 2.24. The number of nitrogens with zero attached hydrogens (tertiary/aromatic N) is 5. The quantitative estimate of drug-likeness (QED) is 0.635. The summed E-state index contributed by atoms with van der Waals surface area (Å²) in [5.74, 6) is 0. The monoisotopic (exact) mass is 310 g/mol. The highest BCUT2D eigenvalue weighted by atomic mass is 15.1. The van der Waals surface area contributed by atoms with Gasteiger partial charge in [0.15, 0.2) is 5.69 Å². The predicted molar refractivity (Wildman–Crippen MR) is 95.4 cm³/mol. The van der Waals surface area contributed by atoms with Crippen molar-refractivity contribution in [3.05, 3.63) is 29.1 Å². The molecule has 1 aliphatic rings. The molecule has 0 radical (unpaired) electrons. The summed E-state index contributed by atoms with van der Waals surface area (Å²) in [7, 11) is 3.73. The Balaban J connectivity index is 2.75. The minimum absolute atomic E-state index is 0.257. The van der Waals surface area contributed by atoms with Gasteiger partial charge in [0.05, 0.1) is 19.9 Å². The van der Waals surface area contributed by atoms with Crippen LogP contribution in [0, 0.1) is 11.3 Å². The summed E-state index contributed by atoms with van der Waals surface area (Å²) in [5.41, 5.74) is 2.66. The van der Waals surface area contributed by atoms with Crippen molar-refractivity contribution >= 4 is 23.8 Å². The van der Waals surface area contributed by atoms with Gasteiger partial charge >= 0.3 is 0 Å². The average Bonchev–Trinajstić information content (AvgIpc) is 2.52. The van der Waals surface area contributed by atoms with Crippen molar-refractivity contribution < 1.29 is 1.37 Å². The third-order valence-electron chi connectivity index (χ3n) is 3.39. The van der Waals surface area contributed by atoms with E-state index in [9.17, 15) is 5.26 Å². The smallest absolute Gasteiger partial charge is 0.167 e. The van der Waals surface area contributed by atoms with Gasteiger partial charge in [-0.15, -0.1) is 0 Å². The summed E-state index contributed by atoms with van der Waals surface area (Å²) >= 11 is 0. The van der Waals surface area contributed by atoms with Crippen LogP contribution in [0.25, 0.3) is 5.57 Å². The molecule has 2 rings (SSSR count). The van der Waals surface area contributed by atoms with Gasteiger partial charge in [-0.3, -0.25) is 4.99 Å². The van der Waals surface area contributed by atoms with Crippen molar-refractivity contribution in [2.45, 2.75) is 32.6 Å². The summed E-state index contributed by atoms with van der Waals surface area (Å²) in [6.07, 6.45) is 6.07. The number of aliphatic imine (C=N–C) groups is 2. The molecule has 0 saturated heterocycles. The van der Waals surface area contributed by atoms with E-state index in [0.717, 1.165) is 11.1 Å². The first-order valence-electron chi connectivity index (χ1n) is 8.09. The lowest BCUT2D eigenvalue weighted by Crippen LogP contribution is -2.15. The molecule has 5 nitrogen and oxygen atoms in total. The summed E-state index contributed by atoms with van der Waals surface area (Å²) in [6.45, 7) is 6.66. The van der Waals surface area contributed by atoms with E-state index in [2.05, 4.69) is 21.0 Å². The van der Waals surface area contributed by atoms with Crippen LogP contribution in [0.3, 0.4) is 0 Å². The second-order valence-electron chi connectivity index (χ2n) is 6.71. The largest absolute Gasteiger partial charge is 0.369 e. The maximum Gasteiger partial charge on any atom is 0.167 e. The van der Waals surface area contributed by atoms with Crippen LogP contribution in [0.5, 0.6) is 0 Å². The average molecular weight is 310 g/mol. The van der Waals surface area contributed by atoms with E-state index in [1.165, 1.54) is 0 Å². The molecule has 0 N–H and O–H groups in total. The van der Waals surface area contributed by atoms with Crippen LogP contribution in [-0.2, 0) is 5.41 Å². The van der Waals surface area contributed by atoms with E-state index < -0.39 is 0 Å². The number of nitriles is 1. The van der Waals surface area contributed by atoms with Gasteiger partial charge in [0.2, 0.25) is 0 Å². The van der Waals surface area contributed by atoms with Gasteiger partial charge in [0, 0.05) is 26.7 Å². The Hall–Kier alpha value is -2.48. The molecule has 1 aliphatic heterocycles. The van der Waals surface area contributed by atoms with Gasteiger partial charge in [0.1, 0.15) is 11.8 Å².